The van der Waals surface area contributed by atoms with Crippen molar-refractivity contribution in [3.8, 4) is 0 Å². The van der Waals surface area contributed by atoms with E-state index in [9.17, 15) is 0 Å². The Kier molecular flexibility index (Phi) is 7.67. The van der Waals surface area contributed by atoms with Crippen LogP contribution in [0.25, 0.3) is 0 Å². The van der Waals surface area contributed by atoms with Crippen molar-refractivity contribution in [2.75, 3.05) is 55.0 Å². The summed E-state index contributed by atoms with van der Waals surface area (Å²) in [6, 6.07) is 2.66. The van der Waals surface area contributed by atoms with Crippen LogP contribution in [0.4, 0.5) is 17.6 Å². The van der Waals surface area contributed by atoms with E-state index in [0.29, 0.717) is 36.2 Å². The molecule has 2 N–H and O–H groups in total. The standard InChI is InChI=1S/C20H34N6OS/c1-15-7-6-10-25(14-15)17-13-18(26-11-5-4-8-16(26)2)23-19(22-17)24-20(28)21-9-12-27-3/h13,15-16H,4-12,14H2,1-3H3,(H2,21,22,23,24,28)/t15-,16+/m1/s1. The molecule has 1 aromatic rings. The first-order chi connectivity index (χ1) is 13.6. The molecule has 0 radical (unpaired) electrons. The minimum atomic E-state index is 0.497. The Balaban J connectivity index is 1.82. The molecule has 2 atom stereocenters. The molecule has 2 saturated heterocycles. The average molecular weight is 407 g/mol. The summed E-state index contributed by atoms with van der Waals surface area (Å²) in [6.07, 6.45) is 6.21. The molecule has 0 amide bonds. The van der Waals surface area contributed by atoms with Gasteiger partial charge in [0.05, 0.1) is 6.61 Å². The number of thiocarbonyl (C=S) groups is 1. The minimum Gasteiger partial charge on any atom is -0.383 e. The van der Waals surface area contributed by atoms with Crippen LogP contribution in [0, 0.1) is 5.92 Å². The first-order valence-corrected chi connectivity index (χ1v) is 10.9. The molecule has 0 saturated carbocycles. The molecule has 0 spiro atoms. The summed E-state index contributed by atoms with van der Waals surface area (Å²) < 4.78 is 5.07. The molecule has 0 aliphatic carbocycles. The van der Waals surface area contributed by atoms with Crippen LogP contribution in [0.15, 0.2) is 6.07 Å². The second-order valence-corrected chi connectivity index (χ2v) is 8.42. The van der Waals surface area contributed by atoms with Crippen molar-refractivity contribution in [2.24, 2.45) is 5.92 Å². The third-order valence-corrected chi connectivity index (χ3v) is 5.84. The van der Waals surface area contributed by atoms with Crippen molar-refractivity contribution in [3.63, 3.8) is 0 Å². The number of methoxy groups -OCH3 is 1. The largest absolute Gasteiger partial charge is 0.383 e. The number of ether oxygens (including phenoxy) is 1. The third kappa shape index (κ3) is 5.67. The summed E-state index contributed by atoms with van der Waals surface area (Å²) in [5.74, 6) is 3.25. The van der Waals surface area contributed by atoms with Gasteiger partial charge in [-0.25, -0.2) is 0 Å². The van der Waals surface area contributed by atoms with Gasteiger partial charge in [0.2, 0.25) is 5.95 Å². The molecular formula is C20H34N6OS. The Morgan fingerprint density at radius 3 is 2.75 bits per heavy atom. The fraction of sp³-hybridized carbons (Fsp3) is 0.750. The average Bonchev–Trinajstić information content (AvgIpc) is 2.68. The van der Waals surface area contributed by atoms with Crippen molar-refractivity contribution in [2.45, 2.75) is 52.0 Å². The van der Waals surface area contributed by atoms with Crippen LogP contribution >= 0.6 is 12.2 Å². The zero-order chi connectivity index (χ0) is 19.9. The molecule has 2 aliphatic rings. The molecule has 7 nitrogen and oxygen atoms in total. The number of rotatable bonds is 6. The van der Waals surface area contributed by atoms with Gasteiger partial charge < -0.3 is 25.2 Å². The van der Waals surface area contributed by atoms with E-state index in [1.54, 1.807) is 7.11 Å². The summed E-state index contributed by atoms with van der Waals surface area (Å²) in [6.45, 7) is 8.99. The Morgan fingerprint density at radius 1 is 1.18 bits per heavy atom. The third-order valence-electron chi connectivity index (χ3n) is 5.59. The van der Waals surface area contributed by atoms with Crippen molar-refractivity contribution < 1.29 is 4.74 Å². The molecule has 0 aromatic carbocycles. The van der Waals surface area contributed by atoms with Crippen molar-refractivity contribution >= 4 is 34.9 Å². The van der Waals surface area contributed by atoms with Gasteiger partial charge in [-0.3, -0.25) is 0 Å². The minimum absolute atomic E-state index is 0.497. The van der Waals surface area contributed by atoms with Gasteiger partial charge in [0.15, 0.2) is 5.11 Å². The molecule has 3 heterocycles. The van der Waals surface area contributed by atoms with Gasteiger partial charge in [-0.1, -0.05) is 6.92 Å². The Morgan fingerprint density at radius 2 is 2.00 bits per heavy atom. The number of aromatic nitrogens is 2. The zero-order valence-corrected chi connectivity index (χ0v) is 18.2. The lowest BCUT2D eigenvalue weighted by Crippen LogP contribution is -2.39. The highest BCUT2D eigenvalue weighted by Crippen LogP contribution is 2.29. The lowest BCUT2D eigenvalue weighted by atomic mass is 10.0. The summed E-state index contributed by atoms with van der Waals surface area (Å²) in [5, 5.41) is 6.84. The maximum atomic E-state index is 5.41. The molecule has 28 heavy (non-hydrogen) atoms. The molecule has 156 valence electrons. The number of anilines is 3. The van der Waals surface area contributed by atoms with Gasteiger partial charge in [0.1, 0.15) is 11.6 Å². The zero-order valence-electron chi connectivity index (χ0n) is 17.4. The van der Waals surface area contributed by atoms with Gasteiger partial charge in [-0.2, -0.15) is 9.97 Å². The smallest absolute Gasteiger partial charge is 0.232 e. The van der Waals surface area contributed by atoms with Crippen LogP contribution in [0.1, 0.15) is 46.0 Å². The maximum absolute atomic E-state index is 5.41. The molecule has 0 unspecified atom stereocenters. The number of nitrogens with one attached hydrogen (secondary N) is 2. The highest BCUT2D eigenvalue weighted by atomic mass is 32.1. The van der Waals surface area contributed by atoms with Crippen LogP contribution in [0.2, 0.25) is 0 Å². The highest BCUT2D eigenvalue weighted by Gasteiger charge is 2.24. The van der Waals surface area contributed by atoms with E-state index in [4.69, 9.17) is 26.9 Å². The molecule has 8 heteroatoms. The van der Waals surface area contributed by atoms with Crippen LogP contribution in [-0.4, -0.2) is 61.0 Å². The lowest BCUT2D eigenvalue weighted by Gasteiger charge is -2.36. The van der Waals surface area contributed by atoms with Gasteiger partial charge in [-0.05, 0) is 57.2 Å². The Labute approximate surface area is 174 Å². The van der Waals surface area contributed by atoms with E-state index in [1.165, 1.54) is 32.1 Å². The van der Waals surface area contributed by atoms with Gasteiger partial charge in [-0.15, -0.1) is 0 Å². The molecule has 2 aliphatic heterocycles. The summed E-state index contributed by atoms with van der Waals surface area (Å²) in [7, 11) is 1.68. The second-order valence-electron chi connectivity index (χ2n) is 8.01. The number of piperidine rings is 2. The molecule has 0 bridgehead atoms. The van der Waals surface area contributed by atoms with E-state index in [0.717, 1.165) is 31.3 Å². The van der Waals surface area contributed by atoms with E-state index in [2.05, 4.69) is 40.3 Å². The number of nitrogens with zero attached hydrogens (tertiary/aromatic N) is 4. The van der Waals surface area contributed by atoms with E-state index in [1.807, 2.05) is 0 Å². The lowest BCUT2D eigenvalue weighted by molar-refractivity contribution is 0.204. The first kappa shape index (κ1) is 21.0. The SMILES string of the molecule is COCCNC(=S)Nc1nc(N2CCC[C@@H](C)C2)cc(N2CCCC[C@@H]2C)n1. The van der Waals surface area contributed by atoms with E-state index >= 15 is 0 Å². The second kappa shape index (κ2) is 10.2. The predicted octanol–water partition coefficient (Wildman–Crippen LogP) is 3.02. The quantitative estimate of drug-likeness (QED) is 0.552. The highest BCUT2D eigenvalue weighted by molar-refractivity contribution is 7.80. The molecular weight excluding hydrogens is 372 g/mol. The molecule has 2 fully saturated rings. The number of hydrogen-bond donors (Lipinski definition) is 2. The first-order valence-electron chi connectivity index (χ1n) is 10.5. The maximum Gasteiger partial charge on any atom is 0.232 e. The molecule has 1 aromatic heterocycles. The van der Waals surface area contributed by atoms with Crippen LogP contribution in [-0.2, 0) is 4.74 Å². The van der Waals surface area contributed by atoms with Crippen LogP contribution in [0.3, 0.4) is 0 Å². The van der Waals surface area contributed by atoms with Crippen LogP contribution in [0.5, 0.6) is 0 Å². The van der Waals surface area contributed by atoms with Crippen molar-refractivity contribution in [1.82, 2.24) is 15.3 Å². The van der Waals surface area contributed by atoms with Gasteiger partial charge in [0, 0.05) is 45.4 Å². The summed E-state index contributed by atoms with van der Waals surface area (Å²) in [4.78, 5) is 14.4. The van der Waals surface area contributed by atoms with Gasteiger partial charge in [0.25, 0.3) is 0 Å². The fourth-order valence-electron chi connectivity index (χ4n) is 4.04. The Hall–Kier alpha value is -1.67. The van der Waals surface area contributed by atoms with Crippen molar-refractivity contribution in [1.29, 1.82) is 0 Å². The summed E-state index contributed by atoms with van der Waals surface area (Å²) >= 11 is 5.41. The van der Waals surface area contributed by atoms with Crippen LogP contribution < -0.4 is 20.4 Å². The topological polar surface area (TPSA) is 65.6 Å². The normalized spacial score (nSPS) is 22.8. The number of hydrogen-bond acceptors (Lipinski definition) is 6. The fourth-order valence-corrected chi connectivity index (χ4v) is 4.23. The van der Waals surface area contributed by atoms with E-state index < -0.39 is 0 Å². The monoisotopic (exact) mass is 406 g/mol. The van der Waals surface area contributed by atoms with Crippen molar-refractivity contribution in [3.05, 3.63) is 6.07 Å². The van der Waals surface area contributed by atoms with Gasteiger partial charge >= 0.3 is 0 Å². The predicted molar refractivity (Wildman–Crippen MR) is 119 cm³/mol. The summed E-state index contributed by atoms with van der Waals surface area (Å²) in [5.41, 5.74) is 0. The Bertz CT molecular complexity index is 658. The molecule has 3 rings (SSSR count). The van der Waals surface area contributed by atoms with E-state index in [-0.39, 0.29) is 0 Å².